The van der Waals surface area contributed by atoms with Crippen LogP contribution in [0.5, 0.6) is 5.75 Å². The van der Waals surface area contributed by atoms with Crippen LogP contribution in [0, 0.1) is 5.82 Å². The van der Waals surface area contributed by atoms with Gasteiger partial charge in [-0.3, -0.25) is 0 Å². The van der Waals surface area contributed by atoms with E-state index in [2.05, 4.69) is 5.10 Å². The largest absolute Gasteiger partial charge is 0.473 e. The van der Waals surface area contributed by atoms with Gasteiger partial charge in [-0.1, -0.05) is 34.8 Å². The highest BCUT2D eigenvalue weighted by Crippen LogP contribution is 2.34. The molecule has 0 N–H and O–H groups in total. The molecule has 3 rings (SSSR count). The van der Waals surface area contributed by atoms with Gasteiger partial charge < -0.3 is 4.74 Å². The number of hydrogen-bond donors (Lipinski definition) is 0. The molecule has 1 atom stereocenters. The third-order valence-electron chi connectivity index (χ3n) is 3.61. The smallest absolute Gasteiger partial charge is 0.169 e. The number of ether oxygens (including phenoxy) is 1. The SMILES string of the molecule is CC(Cl)Oc1cc(-n2nc3c(c2Cl)CCCC3)c(F)cc1Cl. The Kier molecular flexibility index (Phi) is 4.53. The molecule has 0 fully saturated rings. The standard InChI is InChI=1S/C15H14Cl3FN2O/c1-8(16)22-14-7-13(11(19)6-10(14)17)21-15(18)9-4-2-3-5-12(9)20-21/h6-8H,2-5H2,1H3. The van der Waals surface area contributed by atoms with E-state index < -0.39 is 11.4 Å². The zero-order chi connectivity index (χ0) is 15.9. The summed E-state index contributed by atoms with van der Waals surface area (Å²) in [6.45, 7) is 1.65. The first kappa shape index (κ1) is 15.9. The Morgan fingerprint density at radius 3 is 2.68 bits per heavy atom. The molecule has 0 radical (unpaired) electrons. The monoisotopic (exact) mass is 362 g/mol. The number of aromatic nitrogens is 2. The summed E-state index contributed by atoms with van der Waals surface area (Å²) in [7, 11) is 0. The van der Waals surface area contributed by atoms with Crippen molar-refractivity contribution in [3.63, 3.8) is 0 Å². The highest BCUT2D eigenvalue weighted by molar-refractivity contribution is 6.32. The van der Waals surface area contributed by atoms with Crippen molar-refractivity contribution in [1.82, 2.24) is 9.78 Å². The number of halogens is 4. The quantitative estimate of drug-likeness (QED) is 0.704. The van der Waals surface area contributed by atoms with Crippen LogP contribution in [-0.2, 0) is 12.8 Å². The molecule has 1 aromatic heterocycles. The lowest BCUT2D eigenvalue weighted by molar-refractivity contribution is 0.301. The van der Waals surface area contributed by atoms with Gasteiger partial charge in [0, 0.05) is 11.6 Å². The van der Waals surface area contributed by atoms with Gasteiger partial charge >= 0.3 is 0 Å². The van der Waals surface area contributed by atoms with Crippen molar-refractivity contribution in [3.8, 4) is 11.4 Å². The lowest BCUT2D eigenvalue weighted by Gasteiger charge is -2.13. The number of rotatable bonds is 3. The molecule has 1 unspecified atom stereocenters. The van der Waals surface area contributed by atoms with Gasteiger partial charge in [-0.2, -0.15) is 5.10 Å². The highest BCUT2D eigenvalue weighted by Gasteiger charge is 2.22. The minimum Gasteiger partial charge on any atom is -0.473 e. The number of aryl methyl sites for hydroxylation is 1. The summed E-state index contributed by atoms with van der Waals surface area (Å²) in [4.78, 5) is 0. The van der Waals surface area contributed by atoms with Gasteiger partial charge in [0.1, 0.15) is 16.6 Å². The Hall–Kier alpha value is -0.970. The first-order valence-corrected chi connectivity index (χ1v) is 8.23. The molecule has 118 valence electrons. The molecule has 2 aromatic rings. The zero-order valence-electron chi connectivity index (χ0n) is 11.9. The second-order valence-corrected chi connectivity index (χ2v) is 6.61. The summed E-state index contributed by atoms with van der Waals surface area (Å²) in [6.07, 6.45) is 3.87. The molecule has 0 saturated heterocycles. The van der Waals surface area contributed by atoms with E-state index in [9.17, 15) is 4.39 Å². The van der Waals surface area contributed by atoms with E-state index in [-0.39, 0.29) is 10.7 Å². The summed E-state index contributed by atoms with van der Waals surface area (Å²) in [5.41, 5.74) is 1.54. The summed E-state index contributed by atoms with van der Waals surface area (Å²) in [5.74, 6) is -0.216. The lowest BCUT2D eigenvalue weighted by Crippen LogP contribution is -2.06. The maximum atomic E-state index is 14.3. The Morgan fingerprint density at radius 1 is 1.27 bits per heavy atom. The first-order valence-electron chi connectivity index (χ1n) is 7.03. The third kappa shape index (κ3) is 2.92. The highest BCUT2D eigenvalue weighted by atomic mass is 35.5. The number of benzene rings is 1. The number of fused-ring (bicyclic) bond motifs is 1. The van der Waals surface area contributed by atoms with Crippen molar-refractivity contribution in [2.75, 3.05) is 0 Å². The van der Waals surface area contributed by atoms with E-state index >= 15 is 0 Å². The van der Waals surface area contributed by atoms with Crippen LogP contribution < -0.4 is 4.74 Å². The molecule has 1 aliphatic carbocycles. The molecule has 0 saturated carbocycles. The van der Waals surface area contributed by atoms with Gasteiger partial charge in [0.2, 0.25) is 0 Å². The predicted octanol–water partition coefficient (Wildman–Crippen LogP) is 5.16. The van der Waals surface area contributed by atoms with Crippen molar-refractivity contribution in [2.24, 2.45) is 0 Å². The van der Waals surface area contributed by atoms with Gasteiger partial charge in [0.05, 0.1) is 10.7 Å². The van der Waals surface area contributed by atoms with Gasteiger partial charge in [-0.05, 0) is 38.7 Å². The molecule has 0 aliphatic heterocycles. The van der Waals surface area contributed by atoms with Crippen molar-refractivity contribution in [2.45, 2.75) is 38.2 Å². The van der Waals surface area contributed by atoms with Gasteiger partial charge in [0.15, 0.2) is 11.4 Å². The van der Waals surface area contributed by atoms with Crippen molar-refractivity contribution < 1.29 is 9.13 Å². The molecule has 0 bridgehead atoms. The van der Waals surface area contributed by atoms with E-state index in [4.69, 9.17) is 39.5 Å². The van der Waals surface area contributed by atoms with Crippen molar-refractivity contribution in [1.29, 1.82) is 0 Å². The minimum absolute atomic E-state index is 0.154. The Balaban J connectivity index is 2.10. The topological polar surface area (TPSA) is 27.1 Å². The molecule has 1 aromatic carbocycles. The van der Waals surface area contributed by atoms with Crippen LogP contribution in [-0.4, -0.2) is 15.3 Å². The summed E-state index contributed by atoms with van der Waals surface area (Å²) < 4.78 is 21.1. The lowest BCUT2D eigenvalue weighted by atomic mass is 9.99. The van der Waals surface area contributed by atoms with Gasteiger partial charge in [-0.15, -0.1) is 0 Å². The average Bonchev–Trinajstić information content (AvgIpc) is 2.79. The Bertz CT molecular complexity index is 715. The summed E-state index contributed by atoms with van der Waals surface area (Å²) in [5, 5.41) is 5.04. The summed E-state index contributed by atoms with van der Waals surface area (Å²) in [6, 6.07) is 2.66. The maximum Gasteiger partial charge on any atom is 0.169 e. The fourth-order valence-corrected chi connectivity index (χ4v) is 3.24. The Labute approximate surface area is 142 Å². The van der Waals surface area contributed by atoms with E-state index in [1.807, 2.05) is 0 Å². The maximum absolute atomic E-state index is 14.3. The van der Waals surface area contributed by atoms with Crippen LogP contribution in [0.15, 0.2) is 12.1 Å². The molecular weight excluding hydrogens is 350 g/mol. The molecule has 1 heterocycles. The number of nitrogens with zero attached hydrogens (tertiary/aromatic N) is 2. The van der Waals surface area contributed by atoms with Crippen LogP contribution in [0.1, 0.15) is 31.0 Å². The zero-order valence-corrected chi connectivity index (χ0v) is 14.1. The van der Waals surface area contributed by atoms with E-state index in [1.54, 1.807) is 6.92 Å². The van der Waals surface area contributed by atoms with Crippen molar-refractivity contribution >= 4 is 34.8 Å². The van der Waals surface area contributed by atoms with Crippen LogP contribution in [0.4, 0.5) is 4.39 Å². The van der Waals surface area contributed by atoms with Crippen LogP contribution in [0.2, 0.25) is 10.2 Å². The third-order valence-corrected chi connectivity index (χ3v) is 4.39. The first-order chi connectivity index (χ1) is 10.5. The van der Waals surface area contributed by atoms with E-state index in [0.29, 0.717) is 10.9 Å². The summed E-state index contributed by atoms with van der Waals surface area (Å²) >= 11 is 18.2. The number of alkyl halides is 1. The van der Waals surface area contributed by atoms with Crippen molar-refractivity contribution in [3.05, 3.63) is 39.4 Å². The average molecular weight is 364 g/mol. The second-order valence-electron chi connectivity index (χ2n) is 5.23. The Morgan fingerprint density at radius 2 is 2.00 bits per heavy atom. The molecule has 0 spiro atoms. The fraction of sp³-hybridized carbons (Fsp3) is 0.400. The molecule has 22 heavy (non-hydrogen) atoms. The molecule has 7 heteroatoms. The molecular formula is C15H14Cl3FN2O. The molecule has 0 amide bonds. The minimum atomic E-state index is -0.586. The molecule has 1 aliphatic rings. The predicted molar refractivity (Wildman–Crippen MR) is 86.1 cm³/mol. The second kappa shape index (κ2) is 6.26. The van der Waals surface area contributed by atoms with Crippen LogP contribution in [0.25, 0.3) is 5.69 Å². The van der Waals surface area contributed by atoms with Gasteiger partial charge in [0.25, 0.3) is 0 Å². The fourth-order valence-electron chi connectivity index (χ4n) is 2.62. The molecule has 3 nitrogen and oxygen atoms in total. The van der Waals surface area contributed by atoms with Crippen LogP contribution >= 0.6 is 34.8 Å². The number of hydrogen-bond acceptors (Lipinski definition) is 2. The normalized spacial score (nSPS) is 15.5. The van der Waals surface area contributed by atoms with E-state index in [1.165, 1.54) is 16.8 Å². The van der Waals surface area contributed by atoms with Crippen LogP contribution in [0.3, 0.4) is 0 Å². The van der Waals surface area contributed by atoms with E-state index in [0.717, 1.165) is 36.9 Å². The van der Waals surface area contributed by atoms with Gasteiger partial charge in [-0.25, -0.2) is 9.07 Å².